The van der Waals surface area contributed by atoms with Crippen LogP contribution in [0.1, 0.15) is 35.9 Å². The lowest BCUT2D eigenvalue weighted by molar-refractivity contribution is -0.134. The van der Waals surface area contributed by atoms with Gasteiger partial charge in [-0.25, -0.2) is 0 Å². The number of benzene rings is 1. The maximum absolute atomic E-state index is 12.5. The molecular formula is C18H19N3O3. The summed E-state index contributed by atoms with van der Waals surface area (Å²) in [6, 6.07) is 11.2. The Morgan fingerprint density at radius 1 is 1.46 bits per heavy atom. The number of ether oxygens (including phenoxy) is 1. The monoisotopic (exact) mass is 325 g/mol. The summed E-state index contributed by atoms with van der Waals surface area (Å²) in [4.78, 5) is 14.3. The molecule has 0 aliphatic carbocycles. The molecule has 1 amide bonds. The van der Waals surface area contributed by atoms with Gasteiger partial charge in [-0.1, -0.05) is 17.3 Å². The SMILES string of the molecule is Cc1cc([C@@H]2CCCN2C(=O)COc2ccc(CC#N)cc2)no1. The Bertz CT molecular complexity index is 746. The van der Waals surface area contributed by atoms with Gasteiger partial charge in [-0.3, -0.25) is 4.79 Å². The predicted molar refractivity (Wildman–Crippen MR) is 86.2 cm³/mol. The average molecular weight is 325 g/mol. The molecule has 1 saturated heterocycles. The molecule has 24 heavy (non-hydrogen) atoms. The van der Waals surface area contributed by atoms with E-state index in [0.29, 0.717) is 18.7 Å². The summed E-state index contributed by atoms with van der Waals surface area (Å²) in [6.07, 6.45) is 2.21. The van der Waals surface area contributed by atoms with Crippen molar-refractivity contribution in [1.29, 1.82) is 5.26 Å². The van der Waals surface area contributed by atoms with Crippen molar-refractivity contribution in [3.05, 3.63) is 47.3 Å². The van der Waals surface area contributed by atoms with Gasteiger partial charge in [0.1, 0.15) is 17.2 Å². The van der Waals surface area contributed by atoms with Crippen molar-refractivity contribution in [3.8, 4) is 11.8 Å². The van der Waals surface area contributed by atoms with Crippen LogP contribution in [0.25, 0.3) is 0 Å². The van der Waals surface area contributed by atoms with Gasteiger partial charge in [0.15, 0.2) is 6.61 Å². The van der Waals surface area contributed by atoms with Crippen LogP contribution in [-0.2, 0) is 11.2 Å². The van der Waals surface area contributed by atoms with Gasteiger partial charge in [-0.2, -0.15) is 5.26 Å². The Kier molecular flexibility index (Phi) is 4.80. The van der Waals surface area contributed by atoms with E-state index in [1.54, 1.807) is 17.0 Å². The highest BCUT2D eigenvalue weighted by Crippen LogP contribution is 2.31. The molecular weight excluding hydrogens is 306 g/mol. The summed E-state index contributed by atoms with van der Waals surface area (Å²) in [5, 5.41) is 12.7. The third-order valence-electron chi connectivity index (χ3n) is 4.13. The molecule has 0 N–H and O–H groups in total. The molecule has 2 heterocycles. The molecule has 0 bridgehead atoms. The van der Waals surface area contributed by atoms with E-state index in [1.165, 1.54) is 0 Å². The van der Waals surface area contributed by atoms with Gasteiger partial charge in [-0.05, 0) is 37.5 Å². The lowest BCUT2D eigenvalue weighted by Gasteiger charge is -2.23. The van der Waals surface area contributed by atoms with Crippen LogP contribution in [0, 0.1) is 18.3 Å². The van der Waals surface area contributed by atoms with Gasteiger partial charge >= 0.3 is 0 Å². The Hall–Kier alpha value is -2.81. The lowest BCUT2D eigenvalue weighted by atomic mass is 10.1. The number of aromatic nitrogens is 1. The van der Waals surface area contributed by atoms with Crippen LogP contribution in [0.2, 0.25) is 0 Å². The zero-order chi connectivity index (χ0) is 16.9. The maximum Gasteiger partial charge on any atom is 0.261 e. The number of rotatable bonds is 5. The standard InChI is InChI=1S/C18H19N3O3/c1-13-11-16(20-24-13)17-3-2-10-21(17)18(22)12-23-15-6-4-14(5-7-15)8-9-19/h4-7,11,17H,2-3,8,10,12H2,1H3/t17-/m0/s1. The van der Waals surface area contributed by atoms with Crippen molar-refractivity contribution < 1.29 is 14.1 Å². The van der Waals surface area contributed by atoms with Crippen LogP contribution in [0.5, 0.6) is 5.75 Å². The van der Waals surface area contributed by atoms with E-state index in [1.807, 2.05) is 25.1 Å². The molecule has 3 rings (SSSR count). The fourth-order valence-electron chi connectivity index (χ4n) is 2.94. The second kappa shape index (κ2) is 7.18. The number of carbonyl (C=O) groups is 1. The first-order chi connectivity index (χ1) is 11.7. The molecule has 1 aromatic carbocycles. The fraction of sp³-hybridized carbons (Fsp3) is 0.389. The minimum absolute atomic E-state index is 0.00900. The van der Waals surface area contributed by atoms with Gasteiger partial charge in [0.05, 0.1) is 18.5 Å². The summed E-state index contributed by atoms with van der Waals surface area (Å²) < 4.78 is 10.7. The zero-order valence-corrected chi connectivity index (χ0v) is 13.6. The van der Waals surface area contributed by atoms with Gasteiger partial charge in [0.25, 0.3) is 5.91 Å². The van der Waals surface area contributed by atoms with Gasteiger partial charge in [0.2, 0.25) is 0 Å². The predicted octanol–water partition coefficient (Wildman–Crippen LogP) is 2.79. The molecule has 0 saturated carbocycles. The van der Waals surface area contributed by atoms with Crippen molar-refractivity contribution in [2.24, 2.45) is 0 Å². The number of likely N-dealkylation sites (tertiary alicyclic amines) is 1. The molecule has 0 spiro atoms. The molecule has 6 nitrogen and oxygen atoms in total. The Morgan fingerprint density at radius 3 is 2.92 bits per heavy atom. The highest BCUT2D eigenvalue weighted by Gasteiger charge is 2.32. The number of nitrogens with zero attached hydrogens (tertiary/aromatic N) is 3. The summed E-state index contributed by atoms with van der Waals surface area (Å²) in [7, 11) is 0. The Balaban J connectivity index is 1.59. The van der Waals surface area contributed by atoms with Crippen molar-refractivity contribution >= 4 is 5.91 Å². The minimum Gasteiger partial charge on any atom is -0.484 e. The van der Waals surface area contributed by atoms with Crippen molar-refractivity contribution in [2.45, 2.75) is 32.2 Å². The van der Waals surface area contributed by atoms with Crippen LogP contribution in [0.3, 0.4) is 0 Å². The van der Waals surface area contributed by atoms with Crippen molar-refractivity contribution in [2.75, 3.05) is 13.2 Å². The van der Waals surface area contributed by atoms with E-state index in [0.717, 1.165) is 29.9 Å². The van der Waals surface area contributed by atoms with Crippen LogP contribution < -0.4 is 4.74 Å². The molecule has 2 aromatic rings. The largest absolute Gasteiger partial charge is 0.484 e. The second-order valence-electron chi connectivity index (χ2n) is 5.88. The summed E-state index contributed by atoms with van der Waals surface area (Å²) in [5.74, 6) is 1.32. The third kappa shape index (κ3) is 3.57. The summed E-state index contributed by atoms with van der Waals surface area (Å²) in [6.45, 7) is 2.54. The second-order valence-corrected chi connectivity index (χ2v) is 5.88. The molecule has 1 aliphatic heterocycles. The Labute approximate surface area is 140 Å². The molecule has 0 unspecified atom stereocenters. The van der Waals surface area contributed by atoms with Crippen molar-refractivity contribution in [1.82, 2.24) is 10.1 Å². The van der Waals surface area contributed by atoms with E-state index < -0.39 is 0 Å². The van der Waals surface area contributed by atoms with Gasteiger partial charge in [0, 0.05) is 12.6 Å². The molecule has 1 fully saturated rings. The average Bonchev–Trinajstić information content (AvgIpc) is 3.23. The van der Waals surface area contributed by atoms with Crippen LogP contribution >= 0.6 is 0 Å². The van der Waals surface area contributed by atoms with Gasteiger partial charge < -0.3 is 14.2 Å². The van der Waals surface area contributed by atoms with E-state index in [2.05, 4.69) is 11.2 Å². The number of hydrogen-bond donors (Lipinski definition) is 0. The molecule has 124 valence electrons. The van der Waals surface area contributed by atoms with E-state index in [9.17, 15) is 4.79 Å². The molecule has 1 atom stereocenters. The van der Waals surface area contributed by atoms with Crippen LogP contribution in [-0.4, -0.2) is 29.1 Å². The van der Waals surface area contributed by atoms with E-state index in [4.69, 9.17) is 14.5 Å². The molecule has 0 radical (unpaired) electrons. The fourth-order valence-corrected chi connectivity index (χ4v) is 2.94. The third-order valence-corrected chi connectivity index (χ3v) is 4.13. The van der Waals surface area contributed by atoms with Crippen LogP contribution in [0.15, 0.2) is 34.9 Å². The maximum atomic E-state index is 12.5. The smallest absolute Gasteiger partial charge is 0.261 e. The lowest BCUT2D eigenvalue weighted by Crippen LogP contribution is -2.34. The first-order valence-corrected chi connectivity index (χ1v) is 7.99. The number of aryl methyl sites for hydroxylation is 1. The van der Waals surface area contributed by atoms with Crippen molar-refractivity contribution in [3.63, 3.8) is 0 Å². The first-order valence-electron chi connectivity index (χ1n) is 7.99. The van der Waals surface area contributed by atoms with E-state index in [-0.39, 0.29) is 18.6 Å². The summed E-state index contributed by atoms with van der Waals surface area (Å²) in [5.41, 5.74) is 1.73. The van der Waals surface area contributed by atoms with Crippen LogP contribution in [0.4, 0.5) is 0 Å². The number of carbonyl (C=O) groups excluding carboxylic acids is 1. The Morgan fingerprint density at radius 2 is 2.25 bits per heavy atom. The first kappa shape index (κ1) is 16.1. The zero-order valence-electron chi connectivity index (χ0n) is 13.6. The molecule has 1 aromatic heterocycles. The number of nitriles is 1. The van der Waals surface area contributed by atoms with Gasteiger partial charge in [-0.15, -0.1) is 0 Å². The molecule has 6 heteroatoms. The van der Waals surface area contributed by atoms with E-state index >= 15 is 0 Å². The number of hydrogen-bond acceptors (Lipinski definition) is 5. The highest BCUT2D eigenvalue weighted by atomic mass is 16.5. The summed E-state index contributed by atoms with van der Waals surface area (Å²) >= 11 is 0. The molecule has 1 aliphatic rings. The topological polar surface area (TPSA) is 79.4 Å². The minimum atomic E-state index is -0.0562. The highest BCUT2D eigenvalue weighted by molar-refractivity contribution is 5.78. The quantitative estimate of drug-likeness (QED) is 0.844. The number of amides is 1. The normalized spacial score (nSPS) is 16.8.